The summed E-state index contributed by atoms with van der Waals surface area (Å²) >= 11 is 0. The van der Waals surface area contributed by atoms with Crippen LogP contribution in [0.1, 0.15) is 27.2 Å². The number of hydrogen-bond donors (Lipinski definition) is 2. The van der Waals surface area contributed by atoms with Crippen molar-refractivity contribution in [2.75, 3.05) is 6.54 Å². The van der Waals surface area contributed by atoms with Crippen LogP contribution >= 0.6 is 0 Å². The molecule has 21 heavy (non-hydrogen) atoms. The first-order valence-corrected chi connectivity index (χ1v) is 6.53. The lowest BCUT2D eigenvalue weighted by atomic mass is 10.1. The molecule has 2 heterocycles. The highest BCUT2D eigenvalue weighted by Gasteiger charge is 2.07. The van der Waals surface area contributed by atoms with Gasteiger partial charge >= 0.3 is 0 Å². The first-order chi connectivity index (χ1) is 10.2. The predicted octanol–water partition coefficient (Wildman–Crippen LogP) is 1.03. The molecule has 0 spiro atoms. The molecule has 0 fully saturated rings. The lowest BCUT2D eigenvalue weighted by molar-refractivity contribution is 0.0946. The molecule has 5 heteroatoms. The van der Waals surface area contributed by atoms with Gasteiger partial charge in [0.2, 0.25) is 0 Å². The number of nitrogens with one attached hydrogen (secondary N) is 1. The monoisotopic (exact) mass is 280 g/mol. The van der Waals surface area contributed by atoms with Crippen LogP contribution in [0.25, 0.3) is 0 Å². The average Bonchev–Trinajstić information content (AvgIpc) is 2.52. The normalized spacial score (nSPS) is 9.62. The van der Waals surface area contributed by atoms with Crippen LogP contribution in [0.3, 0.4) is 0 Å². The van der Waals surface area contributed by atoms with E-state index in [2.05, 4.69) is 27.1 Å². The molecule has 0 unspecified atom stereocenters. The fourth-order valence-corrected chi connectivity index (χ4v) is 1.72. The van der Waals surface area contributed by atoms with Crippen molar-refractivity contribution < 1.29 is 4.79 Å². The summed E-state index contributed by atoms with van der Waals surface area (Å²) in [5, 5.41) is 2.83. The summed E-state index contributed by atoms with van der Waals surface area (Å²) in [4.78, 5) is 20.1. The molecule has 0 aliphatic rings. The Hall–Kier alpha value is -2.71. The van der Waals surface area contributed by atoms with E-state index in [4.69, 9.17) is 5.73 Å². The van der Waals surface area contributed by atoms with Crippen LogP contribution < -0.4 is 11.1 Å². The number of amides is 1. The Kier molecular flexibility index (Phi) is 5.02. The zero-order valence-corrected chi connectivity index (χ0v) is 11.8. The highest BCUT2D eigenvalue weighted by molar-refractivity contribution is 5.92. The van der Waals surface area contributed by atoms with Crippen LogP contribution in [0.4, 0.5) is 0 Å². The second-order valence-electron chi connectivity index (χ2n) is 4.42. The summed E-state index contributed by atoms with van der Waals surface area (Å²) in [6, 6.07) is 5.28. The molecule has 0 aliphatic carbocycles. The summed E-state index contributed by atoms with van der Waals surface area (Å²) in [7, 11) is 0. The standard InChI is InChI=1S/C16H16N4O/c1-12-9-18-8-6-14(12)11-20-16(21)15-5-4-13(10-19-15)3-2-7-17/h4-6,8-10H,7,11,17H2,1H3,(H,20,21). The van der Waals surface area contributed by atoms with E-state index in [1.807, 2.05) is 13.0 Å². The van der Waals surface area contributed by atoms with Crippen LogP contribution in [0.5, 0.6) is 0 Å². The van der Waals surface area contributed by atoms with Gasteiger partial charge in [-0.1, -0.05) is 11.8 Å². The highest BCUT2D eigenvalue weighted by atomic mass is 16.1. The van der Waals surface area contributed by atoms with E-state index < -0.39 is 0 Å². The number of aromatic nitrogens is 2. The van der Waals surface area contributed by atoms with Crippen molar-refractivity contribution >= 4 is 5.91 Å². The van der Waals surface area contributed by atoms with Gasteiger partial charge in [0.05, 0.1) is 6.54 Å². The van der Waals surface area contributed by atoms with E-state index in [0.717, 1.165) is 16.7 Å². The Morgan fingerprint density at radius 2 is 2.19 bits per heavy atom. The van der Waals surface area contributed by atoms with E-state index in [-0.39, 0.29) is 5.91 Å². The molecule has 1 amide bonds. The van der Waals surface area contributed by atoms with E-state index in [0.29, 0.717) is 18.8 Å². The van der Waals surface area contributed by atoms with Gasteiger partial charge in [0.25, 0.3) is 5.91 Å². The topological polar surface area (TPSA) is 80.9 Å². The van der Waals surface area contributed by atoms with Gasteiger partial charge in [-0.05, 0) is 36.2 Å². The number of carbonyl (C=O) groups is 1. The summed E-state index contributed by atoms with van der Waals surface area (Å²) in [5.41, 5.74) is 8.47. The fourth-order valence-electron chi connectivity index (χ4n) is 1.72. The van der Waals surface area contributed by atoms with E-state index in [1.54, 1.807) is 30.7 Å². The lowest BCUT2D eigenvalue weighted by Gasteiger charge is -2.07. The van der Waals surface area contributed by atoms with Gasteiger partial charge in [0, 0.05) is 30.7 Å². The number of nitrogens with two attached hydrogens (primary N) is 1. The van der Waals surface area contributed by atoms with Crippen molar-refractivity contribution in [1.82, 2.24) is 15.3 Å². The van der Waals surface area contributed by atoms with Gasteiger partial charge in [-0.2, -0.15) is 0 Å². The Morgan fingerprint density at radius 3 is 2.86 bits per heavy atom. The molecule has 2 aromatic rings. The molecule has 0 saturated heterocycles. The summed E-state index contributed by atoms with van der Waals surface area (Å²) in [6.45, 7) is 2.70. The predicted molar refractivity (Wildman–Crippen MR) is 80.3 cm³/mol. The van der Waals surface area contributed by atoms with Crippen molar-refractivity contribution in [3.05, 3.63) is 59.2 Å². The smallest absolute Gasteiger partial charge is 0.270 e. The molecule has 0 bridgehead atoms. The van der Waals surface area contributed by atoms with Crippen molar-refractivity contribution in [1.29, 1.82) is 0 Å². The first-order valence-electron chi connectivity index (χ1n) is 6.53. The number of pyridine rings is 2. The zero-order chi connectivity index (χ0) is 15.1. The molecule has 0 radical (unpaired) electrons. The van der Waals surface area contributed by atoms with E-state index >= 15 is 0 Å². The second kappa shape index (κ2) is 7.17. The van der Waals surface area contributed by atoms with Crippen molar-refractivity contribution in [2.45, 2.75) is 13.5 Å². The van der Waals surface area contributed by atoms with Crippen LogP contribution in [0, 0.1) is 18.8 Å². The molecule has 2 rings (SSSR count). The maximum absolute atomic E-state index is 12.0. The molecule has 0 aromatic carbocycles. The van der Waals surface area contributed by atoms with Crippen LogP contribution in [0.2, 0.25) is 0 Å². The third kappa shape index (κ3) is 4.13. The minimum Gasteiger partial charge on any atom is -0.347 e. The molecular weight excluding hydrogens is 264 g/mol. The summed E-state index contributed by atoms with van der Waals surface area (Å²) in [6.07, 6.45) is 5.04. The third-order valence-corrected chi connectivity index (χ3v) is 2.91. The molecule has 3 N–H and O–H groups in total. The maximum atomic E-state index is 12.0. The Morgan fingerprint density at radius 1 is 1.33 bits per heavy atom. The second-order valence-corrected chi connectivity index (χ2v) is 4.42. The number of carbonyl (C=O) groups excluding carboxylic acids is 1. The molecule has 106 valence electrons. The Labute approximate surface area is 123 Å². The average molecular weight is 280 g/mol. The quantitative estimate of drug-likeness (QED) is 0.823. The van der Waals surface area contributed by atoms with Gasteiger partial charge in [-0.3, -0.25) is 9.78 Å². The van der Waals surface area contributed by atoms with Gasteiger partial charge in [-0.15, -0.1) is 0 Å². The summed E-state index contributed by atoms with van der Waals surface area (Å²) < 4.78 is 0. The molecule has 0 atom stereocenters. The fraction of sp³-hybridized carbons (Fsp3) is 0.188. The van der Waals surface area contributed by atoms with Gasteiger partial charge in [0.1, 0.15) is 5.69 Å². The minimum absolute atomic E-state index is 0.218. The van der Waals surface area contributed by atoms with Crippen LogP contribution in [-0.2, 0) is 6.54 Å². The molecule has 0 saturated carbocycles. The first kappa shape index (κ1) is 14.7. The van der Waals surface area contributed by atoms with E-state index in [9.17, 15) is 4.79 Å². The summed E-state index contributed by atoms with van der Waals surface area (Å²) in [5.74, 6) is 5.38. The lowest BCUT2D eigenvalue weighted by Crippen LogP contribution is -2.24. The third-order valence-electron chi connectivity index (χ3n) is 2.91. The maximum Gasteiger partial charge on any atom is 0.270 e. The van der Waals surface area contributed by atoms with Crippen LogP contribution in [0.15, 0.2) is 36.8 Å². The Balaban J connectivity index is 1.99. The number of hydrogen-bond acceptors (Lipinski definition) is 4. The van der Waals surface area contributed by atoms with E-state index in [1.165, 1.54) is 0 Å². The number of rotatable bonds is 3. The molecule has 5 nitrogen and oxygen atoms in total. The van der Waals surface area contributed by atoms with Gasteiger partial charge in [0.15, 0.2) is 0 Å². The highest BCUT2D eigenvalue weighted by Crippen LogP contribution is 2.05. The molecule has 2 aromatic heterocycles. The van der Waals surface area contributed by atoms with Crippen LogP contribution in [-0.4, -0.2) is 22.4 Å². The van der Waals surface area contributed by atoms with Gasteiger partial charge < -0.3 is 11.1 Å². The molecule has 0 aliphatic heterocycles. The van der Waals surface area contributed by atoms with Crippen molar-refractivity contribution in [3.8, 4) is 11.8 Å². The number of nitrogens with zero attached hydrogens (tertiary/aromatic N) is 2. The Bertz CT molecular complexity index is 683. The number of aryl methyl sites for hydroxylation is 1. The van der Waals surface area contributed by atoms with Crippen molar-refractivity contribution in [3.63, 3.8) is 0 Å². The minimum atomic E-state index is -0.218. The molecular formula is C16H16N4O. The SMILES string of the molecule is Cc1cnccc1CNC(=O)c1ccc(C#CCN)cn1. The largest absolute Gasteiger partial charge is 0.347 e. The zero-order valence-electron chi connectivity index (χ0n) is 11.8. The van der Waals surface area contributed by atoms with Crippen molar-refractivity contribution in [2.24, 2.45) is 5.73 Å². The van der Waals surface area contributed by atoms with Gasteiger partial charge in [-0.25, -0.2) is 4.98 Å².